The summed E-state index contributed by atoms with van der Waals surface area (Å²) in [5.41, 5.74) is 0.205. The molecule has 1 fully saturated rings. The first kappa shape index (κ1) is 9.86. The van der Waals surface area contributed by atoms with Crippen LogP contribution in [-0.4, -0.2) is 41.7 Å². The molecule has 3 rings (SSSR count). The van der Waals surface area contributed by atoms with Gasteiger partial charge in [-0.05, 0) is 13.1 Å². The van der Waals surface area contributed by atoms with E-state index in [9.17, 15) is 9.90 Å². The van der Waals surface area contributed by atoms with Gasteiger partial charge >= 0.3 is 5.97 Å². The fraction of sp³-hybridized carbons (Fsp3) is 0.545. The summed E-state index contributed by atoms with van der Waals surface area (Å²) >= 11 is 0. The second-order valence-electron chi connectivity index (χ2n) is 4.69. The van der Waals surface area contributed by atoms with Crippen LogP contribution in [0, 0.1) is 0 Å². The van der Waals surface area contributed by atoms with Gasteiger partial charge in [-0.25, -0.2) is 0 Å². The van der Waals surface area contributed by atoms with Crippen molar-refractivity contribution in [1.82, 2.24) is 10.2 Å². The van der Waals surface area contributed by atoms with Crippen LogP contribution < -0.4 is 5.32 Å². The molecule has 0 aromatic carbocycles. The third-order valence-corrected chi connectivity index (χ3v) is 3.68. The highest BCUT2D eigenvalue weighted by atomic mass is 16.4. The lowest BCUT2D eigenvalue weighted by Gasteiger charge is -2.34. The molecule has 5 heteroatoms. The number of rotatable bonds is 1. The molecule has 1 aromatic heterocycles. The molecular formula is C11H14N2O3. The zero-order valence-corrected chi connectivity index (χ0v) is 9.06. The van der Waals surface area contributed by atoms with E-state index in [0.29, 0.717) is 13.1 Å². The zero-order chi connectivity index (χ0) is 11.3. The van der Waals surface area contributed by atoms with Crippen molar-refractivity contribution >= 4 is 5.97 Å². The summed E-state index contributed by atoms with van der Waals surface area (Å²) in [6, 6.07) is 1.91. The maximum absolute atomic E-state index is 11.5. The molecule has 3 heterocycles. The van der Waals surface area contributed by atoms with Gasteiger partial charge in [0.05, 0.1) is 12.2 Å². The number of fused-ring (bicyclic) bond motifs is 3. The van der Waals surface area contributed by atoms with E-state index in [1.165, 1.54) is 0 Å². The van der Waals surface area contributed by atoms with Gasteiger partial charge in [0.1, 0.15) is 11.3 Å². The number of nitrogens with one attached hydrogen (secondary N) is 1. The molecule has 86 valence electrons. The molecule has 0 aliphatic carbocycles. The highest BCUT2D eigenvalue weighted by molar-refractivity contribution is 5.82. The van der Waals surface area contributed by atoms with E-state index in [1.807, 2.05) is 18.0 Å². The van der Waals surface area contributed by atoms with Gasteiger partial charge in [0.25, 0.3) is 0 Å². The minimum Gasteiger partial charge on any atom is -0.480 e. The van der Waals surface area contributed by atoms with Crippen molar-refractivity contribution in [2.75, 3.05) is 20.1 Å². The molecule has 0 amide bonds. The van der Waals surface area contributed by atoms with Crippen LogP contribution in [0.3, 0.4) is 0 Å². The van der Waals surface area contributed by atoms with E-state index in [-0.39, 0.29) is 5.92 Å². The lowest BCUT2D eigenvalue weighted by atomic mass is 9.81. The molecule has 1 saturated heterocycles. The average molecular weight is 222 g/mol. The summed E-state index contributed by atoms with van der Waals surface area (Å²) in [6.45, 7) is 1.81. The average Bonchev–Trinajstić information content (AvgIpc) is 2.79. The Balaban J connectivity index is 2.10. The van der Waals surface area contributed by atoms with E-state index in [0.717, 1.165) is 17.9 Å². The van der Waals surface area contributed by atoms with E-state index < -0.39 is 11.5 Å². The molecule has 2 atom stereocenters. The van der Waals surface area contributed by atoms with Crippen molar-refractivity contribution in [3.05, 3.63) is 23.7 Å². The molecule has 0 spiro atoms. The van der Waals surface area contributed by atoms with Crippen LogP contribution >= 0.6 is 0 Å². The standard InChI is InChI=1S/C11H14N2O3/c1-13-5-8-9-7(2-3-16-9)4-12-11(8,6-13)10(14)15/h2-3,8,12H,4-6H2,1H3,(H,14,15). The number of hydrogen-bond acceptors (Lipinski definition) is 4. The van der Waals surface area contributed by atoms with Crippen molar-refractivity contribution in [2.45, 2.75) is 18.0 Å². The fourth-order valence-electron chi connectivity index (χ4n) is 2.90. The number of furan rings is 1. The molecule has 2 aliphatic rings. The first-order chi connectivity index (χ1) is 7.63. The second-order valence-corrected chi connectivity index (χ2v) is 4.69. The molecule has 0 bridgehead atoms. The number of hydrogen-bond donors (Lipinski definition) is 2. The Kier molecular flexibility index (Phi) is 1.90. The number of carboxylic acids is 1. The summed E-state index contributed by atoms with van der Waals surface area (Å²) in [5.74, 6) is -0.0387. The van der Waals surface area contributed by atoms with Gasteiger partial charge in [-0.2, -0.15) is 0 Å². The third-order valence-electron chi connectivity index (χ3n) is 3.68. The van der Waals surface area contributed by atoms with Crippen LogP contribution in [0.2, 0.25) is 0 Å². The fourth-order valence-corrected chi connectivity index (χ4v) is 2.90. The van der Waals surface area contributed by atoms with Gasteiger partial charge in [-0.15, -0.1) is 0 Å². The summed E-state index contributed by atoms with van der Waals surface area (Å²) in [6.07, 6.45) is 1.64. The molecule has 16 heavy (non-hydrogen) atoms. The van der Waals surface area contributed by atoms with Crippen molar-refractivity contribution in [1.29, 1.82) is 0 Å². The van der Waals surface area contributed by atoms with Crippen molar-refractivity contribution in [3.8, 4) is 0 Å². The Labute approximate surface area is 93.0 Å². The number of aliphatic carboxylic acids is 1. The third kappa shape index (κ3) is 1.10. The molecule has 0 saturated carbocycles. The number of carboxylic acid groups (broad SMARTS) is 1. The molecule has 1 aromatic rings. The van der Waals surface area contributed by atoms with Crippen molar-refractivity contribution in [2.24, 2.45) is 0 Å². The first-order valence-electron chi connectivity index (χ1n) is 5.37. The minimum atomic E-state index is -0.875. The number of likely N-dealkylation sites (N-methyl/N-ethyl adjacent to an activating group) is 1. The van der Waals surface area contributed by atoms with Crippen molar-refractivity contribution < 1.29 is 14.3 Å². The summed E-state index contributed by atoms with van der Waals surface area (Å²) in [5, 5.41) is 12.6. The Bertz CT molecular complexity index is 442. The molecule has 5 nitrogen and oxygen atoms in total. The van der Waals surface area contributed by atoms with Gasteiger partial charge in [-0.1, -0.05) is 0 Å². The largest absolute Gasteiger partial charge is 0.480 e. The smallest absolute Gasteiger partial charge is 0.326 e. The van der Waals surface area contributed by atoms with E-state index in [2.05, 4.69) is 5.32 Å². The lowest BCUT2D eigenvalue weighted by Crippen LogP contribution is -2.58. The van der Waals surface area contributed by atoms with Crippen LogP contribution in [0.4, 0.5) is 0 Å². The predicted molar refractivity (Wildman–Crippen MR) is 56.2 cm³/mol. The number of likely N-dealkylation sites (tertiary alicyclic amines) is 1. The Morgan fingerprint density at radius 1 is 1.75 bits per heavy atom. The number of nitrogens with zero attached hydrogens (tertiary/aromatic N) is 1. The Hall–Kier alpha value is -1.33. The van der Waals surface area contributed by atoms with Gasteiger partial charge < -0.3 is 14.4 Å². The summed E-state index contributed by atoms with van der Waals surface area (Å²) < 4.78 is 5.46. The molecule has 2 unspecified atom stereocenters. The maximum atomic E-state index is 11.5. The van der Waals surface area contributed by atoms with Gasteiger partial charge in [0.15, 0.2) is 0 Å². The van der Waals surface area contributed by atoms with Gasteiger partial charge in [0.2, 0.25) is 0 Å². The van der Waals surface area contributed by atoms with Gasteiger partial charge in [-0.3, -0.25) is 10.1 Å². The Morgan fingerprint density at radius 2 is 2.56 bits per heavy atom. The van der Waals surface area contributed by atoms with Crippen molar-refractivity contribution in [3.63, 3.8) is 0 Å². The zero-order valence-electron chi connectivity index (χ0n) is 9.06. The normalized spacial score (nSPS) is 33.4. The molecule has 2 aliphatic heterocycles. The second kappa shape index (κ2) is 3.09. The molecule has 2 N–H and O–H groups in total. The van der Waals surface area contributed by atoms with Crippen LogP contribution in [0.5, 0.6) is 0 Å². The van der Waals surface area contributed by atoms with E-state index in [1.54, 1.807) is 6.26 Å². The van der Waals surface area contributed by atoms with Crippen LogP contribution in [0.25, 0.3) is 0 Å². The minimum absolute atomic E-state index is 0.0891. The highest BCUT2D eigenvalue weighted by Crippen LogP contribution is 2.41. The highest BCUT2D eigenvalue weighted by Gasteiger charge is 2.55. The van der Waals surface area contributed by atoms with E-state index >= 15 is 0 Å². The van der Waals surface area contributed by atoms with Crippen LogP contribution in [0.15, 0.2) is 16.7 Å². The van der Waals surface area contributed by atoms with E-state index in [4.69, 9.17) is 4.42 Å². The monoisotopic (exact) mass is 222 g/mol. The Morgan fingerprint density at radius 3 is 3.31 bits per heavy atom. The topological polar surface area (TPSA) is 65.7 Å². The summed E-state index contributed by atoms with van der Waals surface area (Å²) in [7, 11) is 1.94. The number of carbonyl (C=O) groups is 1. The predicted octanol–water partition coefficient (Wildman–Crippen LogP) is 0.235. The van der Waals surface area contributed by atoms with Crippen LogP contribution in [0.1, 0.15) is 17.2 Å². The quantitative estimate of drug-likeness (QED) is 0.712. The lowest BCUT2D eigenvalue weighted by molar-refractivity contribution is -0.145. The first-order valence-corrected chi connectivity index (χ1v) is 5.37. The van der Waals surface area contributed by atoms with Crippen LogP contribution in [-0.2, 0) is 11.3 Å². The molecule has 0 radical (unpaired) electrons. The summed E-state index contributed by atoms with van der Waals surface area (Å²) in [4.78, 5) is 13.5. The van der Waals surface area contributed by atoms with Gasteiger partial charge in [0, 0.05) is 25.2 Å². The SMILES string of the molecule is CN1CC2c3occc3CNC2(C(=O)O)C1. The maximum Gasteiger partial charge on any atom is 0.326 e. The molecular weight excluding hydrogens is 208 g/mol.